The van der Waals surface area contributed by atoms with Crippen molar-refractivity contribution in [3.63, 3.8) is 0 Å². The van der Waals surface area contributed by atoms with Gasteiger partial charge in [-0.15, -0.1) is 0 Å². The molecular weight excluding hydrogens is 220 g/mol. The molecule has 2 N–H and O–H groups in total. The van der Waals surface area contributed by atoms with Crippen LogP contribution in [0.5, 0.6) is 0 Å². The van der Waals surface area contributed by atoms with Crippen molar-refractivity contribution in [2.75, 3.05) is 17.2 Å². The molecule has 1 saturated heterocycles. The highest BCUT2D eigenvalue weighted by molar-refractivity contribution is 7.99. The van der Waals surface area contributed by atoms with Crippen molar-refractivity contribution in [1.29, 1.82) is 0 Å². The van der Waals surface area contributed by atoms with Crippen LogP contribution in [0.1, 0.15) is 12.1 Å². The minimum absolute atomic E-state index is 0.650. The molecule has 4 nitrogen and oxygen atoms in total. The Kier molecular flexibility index (Phi) is 2.47. The van der Waals surface area contributed by atoms with Crippen LogP contribution in [0.3, 0.4) is 0 Å². The number of nitrogen functional groups attached to an aromatic ring is 1. The summed E-state index contributed by atoms with van der Waals surface area (Å²) in [6.45, 7) is 0. The van der Waals surface area contributed by atoms with Crippen LogP contribution in [0.4, 0.5) is 5.82 Å². The molecule has 0 amide bonds. The zero-order chi connectivity index (χ0) is 11.0. The number of hydrogen-bond acceptors (Lipinski definition) is 4. The molecule has 0 saturated carbocycles. The van der Waals surface area contributed by atoms with Crippen molar-refractivity contribution >= 4 is 23.2 Å². The molecule has 2 aromatic heterocycles. The highest BCUT2D eigenvalue weighted by Gasteiger charge is 2.17. The Morgan fingerprint density at radius 3 is 3.25 bits per heavy atom. The van der Waals surface area contributed by atoms with Gasteiger partial charge in [0.15, 0.2) is 5.65 Å². The maximum Gasteiger partial charge on any atom is 0.157 e. The highest BCUT2D eigenvalue weighted by Crippen LogP contribution is 2.26. The van der Waals surface area contributed by atoms with E-state index in [1.807, 2.05) is 17.8 Å². The van der Waals surface area contributed by atoms with Crippen molar-refractivity contribution in [3.05, 3.63) is 24.0 Å². The van der Waals surface area contributed by atoms with E-state index >= 15 is 0 Å². The standard InChI is InChI=1S/C11H14N4S/c12-10-1-3-13-11-6-9(14-15(10)11)5-8-2-4-16-7-8/h1,3,6,8H,2,4-5,7,12H2. The molecule has 0 radical (unpaired) electrons. The summed E-state index contributed by atoms with van der Waals surface area (Å²) in [4.78, 5) is 4.25. The van der Waals surface area contributed by atoms with Crippen LogP contribution >= 0.6 is 11.8 Å². The van der Waals surface area contributed by atoms with Crippen LogP contribution in [-0.4, -0.2) is 26.1 Å². The van der Waals surface area contributed by atoms with Gasteiger partial charge >= 0.3 is 0 Å². The summed E-state index contributed by atoms with van der Waals surface area (Å²) in [6.07, 6.45) is 4.08. The van der Waals surface area contributed by atoms with E-state index in [0.29, 0.717) is 5.82 Å². The molecule has 84 valence electrons. The van der Waals surface area contributed by atoms with E-state index < -0.39 is 0 Å². The molecule has 1 unspecified atom stereocenters. The van der Waals surface area contributed by atoms with Gasteiger partial charge in [0.1, 0.15) is 5.82 Å². The topological polar surface area (TPSA) is 56.2 Å². The van der Waals surface area contributed by atoms with E-state index in [4.69, 9.17) is 5.73 Å². The first-order chi connectivity index (χ1) is 7.83. The zero-order valence-corrected chi connectivity index (χ0v) is 9.78. The average molecular weight is 234 g/mol. The molecule has 0 spiro atoms. The molecule has 3 heterocycles. The summed E-state index contributed by atoms with van der Waals surface area (Å²) in [7, 11) is 0. The molecule has 16 heavy (non-hydrogen) atoms. The Balaban J connectivity index is 1.90. The number of nitrogens with two attached hydrogens (primary N) is 1. The van der Waals surface area contributed by atoms with Gasteiger partial charge < -0.3 is 5.73 Å². The lowest BCUT2D eigenvalue weighted by molar-refractivity contribution is 0.584. The normalized spacial score (nSPS) is 20.6. The minimum atomic E-state index is 0.650. The van der Waals surface area contributed by atoms with Crippen molar-refractivity contribution in [1.82, 2.24) is 14.6 Å². The van der Waals surface area contributed by atoms with E-state index in [0.717, 1.165) is 23.7 Å². The fraction of sp³-hybridized carbons (Fsp3) is 0.455. The van der Waals surface area contributed by atoms with Gasteiger partial charge in [0.2, 0.25) is 0 Å². The summed E-state index contributed by atoms with van der Waals surface area (Å²) in [5.41, 5.74) is 7.79. The van der Waals surface area contributed by atoms with Gasteiger partial charge in [-0.3, -0.25) is 0 Å². The number of hydrogen-bond donors (Lipinski definition) is 1. The second kappa shape index (κ2) is 3.97. The van der Waals surface area contributed by atoms with Crippen molar-refractivity contribution < 1.29 is 0 Å². The smallest absolute Gasteiger partial charge is 0.157 e. The molecule has 1 aliphatic heterocycles. The lowest BCUT2D eigenvalue weighted by Crippen LogP contribution is -2.04. The lowest BCUT2D eigenvalue weighted by atomic mass is 10.0. The van der Waals surface area contributed by atoms with Crippen molar-refractivity contribution in [2.24, 2.45) is 5.92 Å². The van der Waals surface area contributed by atoms with Crippen LogP contribution in [0.2, 0.25) is 0 Å². The minimum Gasteiger partial charge on any atom is -0.384 e. The third-order valence-electron chi connectivity index (χ3n) is 2.96. The van der Waals surface area contributed by atoms with Crippen molar-refractivity contribution in [2.45, 2.75) is 12.8 Å². The van der Waals surface area contributed by atoms with E-state index in [2.05, 4.69) is 10.1 Å². The Morgan fingerprint density at radius 2 is 2.50 bits per heavy atom. The van der Waals surface area contributed by atoms with E-state index in [1.165, 1.54) is 17.9 Å². The Hall–Kier alpha value is -1.23. The molecule has 1 atom stereocenters. The third kappa shape index (κ3) is 1.75. The molecule has 0 aliphatic carbocycles. The average Bonchev–Trinajstić information content (AvgIpc) is 2.88. The summed E-state index contributed by atoms with van der Waals surface area (Å²) < 4.78 is 1.72. The largest absolute Gasteiger partial charge is 0.384 e. The molecule has 1 aliphatic rings. The third-order valence-corrected chi connectivity index (χ3v) is 4.19. The van der Waals surface area contributed by atoms with Gasteiger partial charge in [-0.05, 0) is 36.3 Å². The molecule has 3 rings (SSSR count). The molecule has 0 bridgehead atoms. The number of nitrogens with zero attached hydrogens (tertiary/aromatic N) is 3. The summed E-state index contributed by atoms with van der Waals surface area (Å²) in [6, 6.07) is 3.81. The molecular formula is C11H14N4S. The Bertz CT molecular complexity index is 502. The lowest BCUT2D eigenvalue weighted by Gasteiger charge is -2.03. The first kappa shape index (κ1) is 9.96. The van der Waals surface area contributed by atoms with Crippen LogP contribution < -0.4 is 5.73 Å². The highest BCUT2D eigenvalue weighted by atomic mass is 32.2. The van der Waals surface area contributed by atoms with Crippen molar-refractivity contribution in [3.8, 4) is 0 Å². The summed E-state index contributed by atoms with van der Waals surface area (Å²) in [5, 5.41) is 4.50. The molecule has 0 aromatic carbocycles. The van der Waals surface area contributed by atoms with Gasteiger partial charge in [-0.1, -0.05) is 0 Å². The van der Waals surface area contributed by atoms with E-state index in [1.54, 1.807) is 16.8 Å². The molecule has 2 aromatic rings. The van der Waals surface area contributed by atoms with Gasteiger partial charge in [-0.2, -0.15) is 21.4 Å². The van der Waals surface area contributed by atoms with Crippen LogP contribution in [-0.2, 0) is 6.42 Å². The van der Waals surface area contributed by atoms with Gasteiger partial charge in [-0.25, -0.2) is 4.98 Å². The van der Waals surface area contributed by atoms with Gasteiger partial charge in [0, 0.05) is 12.3 Å². The van der Waals surface area contributed by atoms with Crippen LogP contribution in [0.15, 0.2) is 18.3 Å². The number of rotatable bonds is 2. The number of aromatic nitrogens is 3. The monoisotopic (exact) mass is 234 g/mol. The number of anilines is 1. The second-order valence-corrected chi connectivity index (χ2v) is 5.36. The van der Waals surface area contributed by atoms with Crippen LogP contribution in [0, 0.1) is 5.92 Å². The number of fused-ring (bicyclic) bond motifs is 1. The maximum absolute atomic E-state index is 5.83. The maximum atomic E-state index is 5.83. The van der Waals surface area contributed by atoms with E-state index in [-0.39, 0.29) is 0 Å². The zero-order valence-electron chi connectivity index (χ0n) is 8.97. The predicted molar refractivity (Wildman–Crippen MR) is 66.5 cm³/mol. The molecule has 1 fully saturated rings. The summed E-state index contributed by atoms with van der Waals surface area (Å²) >= 11 is 2.04. The number of thioether (sulfide) groups is 1. The van der Waals surface area contributed by atoms with Crippen LogP contribution in [0.25, 0.3) is 5.65 Å². The fourth-order valence-electron chi connectivity index (χ4n) is 2.10. The first-order valence-corrected chi connectivity index (χ1v) is 6.65. The van der Waals surface area contributed by atoms with Gasteiger partial charge in [0.05, 0.1) is 5.69 Å². The summed E-state index contributed by atoms with van der Waals surface area (Å²) in [5.74, 6) is 3.98. The second-order valence-electron chi connectivity index (χ2n) is 4.21. The Morgan fingerprint density at radius 1 is 1.56 bits per heavy atom. The Labute approximate surface area is 98.2 Å². The predicted octanol–water partition coefficient (Wildman–Crippen LogP) is 1.61. The first-order valence-electron chi connectivity index (χ1n) is 5.50. The van der Waals surface area contributed by atoms with Gasteiger partial charge in [0.25, 0.3) is 0 Å². The SMILES string of the molecule is Nc1ccnc2cc(CC3CCSC3)nn12. The fourth-order valence-corrected chi connectivity index (χ4v) is 3.39. The molecule has 5 heteroatoms. The quantitative estimate of drug-likeness (QED) is 0.857. The van der Waals surface area contributed by atoms with E-state index in [9.17, 15) is 0 Å².